The smallest absolute Gasteiger partial charge is 0.338 e. The van der Waals surface area contributed by atoms with E-state index >= 15 is 0 Å². The number of hydrogen-bond donors (Lipinski definition) is 2. The molecule has 0 fully saturated rings. The van der Waals surface area contributed by atoms with Gasteiger partial charge in [0.05, 0.1) is 18.2 Å². The van der Waals surface area contributed by atoms with Crippen molar-refractivity contribution in [3.63, 3.8) is 0 Å². The Labute approximate surface area is 171 Å². The van der Waals surface area contributed by atoms with Crippen LogP contribution in [-0.2, 0) is 16.1 Å². The van der Waals surface area contributed by atoms with E-state index in [0.29, 0.717) is 17.9 Å². The van der Waals surface area contributed by atoms with Gasteiger partial charge in [-0.3, -0.25) is 0 Å². The second kappa shape index (κ2) is 9.28. The van der Waals surface area contributed by atoms with E-state index in [-0.39, 0.29) is 6.03 Å². The average molecular weight is 393 g/mol. The first kappa shape index (κ1) is 20.5. The van der Waals surface area contributed by atoms with Gasteiger partial charge in [-0.25, -0.2) is 9.59 Å². The second-order valence-electron chi connectivity index (χ2n) is 7.14. The predicted octanol–water partition coefficient (Wildman–Crippen LogP) is 3.90. The zero-order chi connectivity index (χ0) is 20.8. The number of anilines is 1. The Hall–Kier alpha value is -3.28. The molecule has 0 aliphatic carbocycles. The van der Waals surface area contributed by atoms with Crippen molar-refractivity contribution >= 4 is 17.7 Å². The van der Waals surface area contributed by atoms with Crippen molar-refractivity contribution in [2.75, 3.05) is 18.6 Å². The largest absolute Gasteiger partial charge is 0.462 e. The normalized spacial score (nSPS) is 16.1. The number of nitrogens with one attached hydrogen (secondary N) is 2. The maximum Gasteiger partial charge on any atom is 0.338 e. The summed E-state index contributed by atoms with van der Waals surface area (Å²) in [6, 6.07) is 17.2. The lowest BCUT2D eigenvalue weighted by Gasteiger charge is -2.28. The zero-order valence-electron chi connectivity index (χ0n) is 17.1. The van der Waals surface area contributed by atoms with Gasteiger partial charge >= 0.3 is 12.0 Å². The highest BCUT2D eigenvalue weighted by molar-refractivity contribution is 5.95. The Morgan fingerprint density at radius 1 is 1.10 bits per heavy atom. The first-order valence-electron chi connectivity index (χ1n) is 9.80. The predicted molar refractivity (Wildman–Crippen MR) is 113 cm³/mol. The molecule has 0 bridgehead atoms. The molecule has 0 saturated carbocycles. The van der Waals surface area contributed by atoms with Crippen LogP contribution >= 0.6 is 0 Å². The molecule has 1 aliphatic heterocycles. The summed E-state index contributed by atoms with van der Waals surface area (Å²) in [4.78, 5) is 26.7. The summed E-state index contributed by atoms with van der Waals surface area (Å²) in [5, 5.41) is 5.50. The number of amides is 2. The molecule has 6 nitrogen and oxygen atoms in total. The molecule has 1 unspecified atom stereocenters. The Kier molecular flexibility index (Phi) is 6.54. The number of esters is 1. The zero-order valence-corrected chi connectivity index (χ0v) is 17.1. The van der Waals surface area contributed by atoms with E-state index < -0.39 is 12.0 Å². The van der Waals surface area contributed by atoms with Crippen molar-refractivity contribution in [2.45, 2.75) is 32.9 Å². The molecule has 1 aliphatic rings. The third-order valence-electron chi connectivity index (χ3n) is 4.86. The van der Waals surface area contributed by atoms with Crippen LogP contribution in [0.1, 0.15) is 37.4 Å². The van der Waals surface area contributed by atoms with Crippen molar-refractivity contribution < 1.29 is 14.3 Å². The number of benzene rings is 2. The molecular weight excluding hydrogens is 366 g/mol. The molecule has 0 aromatic heterocycles. The van der Waals surface area contributed by atoms with Crippen LogP contribution in [0, 0.1) is 0 Å². The summed E-state index contributed by atoms with van der Waals surface area (Å²) >= 11 is 0. The van der Waals surface area contributed by atoms with Crippen molar-refractivity contribution in [3.05, 3.63) is 77.0 Å². The number of nitrogens with zero attached hydrogens (tertiary/aromatic N) is 1. The van der Waals surface area contributed by atoms with Gasteiger partial charge in [0.25, 0.3) is 0 Å². The molecule has 1 heterocycles. The Balaban J connectivity index is 1.80. The van der Waals surface area contributed by atoms with Gasteiger partial charge in [0.15, 0.2) is 0 Å². The SMILES string of the molecule is CCCOC(=O)C1=C(C)NC(=O)NC1c1ccc(N(C)Cc2ccccc2)cc1. The van der Waals surface area contributed by atoms with Crippen molar-refractivity contribution in [3.8, 4) is 0 Å². The Morgan fingerprint density at radius 2 is 1.79 bits per heavy atom. The maximum absolute atomic E-state index is 12.6. The number of rotatable bonds is 7. The second-order valence-corrected chi connectivity index (χ2v) is 7.14. The highest BCUT2D eigenvalue weighted by Gasteiger charge is 2.32. The topological polar surface area (TPSA) is 70.7 Å². The van der Waals surface area contributed by atoms with Gasteiger partial charge < -0.3 is 20.3 Å². The van der Waals surface area contributed by atoms with Gasteiger partial charge in [-0.15, -0.1) is 0 Å². The van der Waals surface area contributed by atoms with Gasteiger partial charge in [-0.2, -0.15) is 0 Å². The van der Waals surface area contributed by atoms with Crippen LogP contribution in [-0.4, -0.2) is 25.7 Å². The third kappa shape index (κ3) is 4.96. The van der Waals surface area contributed by atoms with Crippen LogP contribution in [0.5, 0.6) is 0 Å². The molecule has 0 saturated heterocycles. The van der Waals surface area contributed by atoms with E-state index in [0.717, 1.165) is 24.2 Å². The van der Waals surface area contributed by atoms with Crippen LogP contribution < -0.4 is 15.5 Å². The van der Waals surface area contributed by atoms with E-state index in [1.165, 1.54) is 5.56 Å². The number of carbonyl (C=O) groups excluding carboxylic acids is 2. The van der Waals surface area contributed by atoms with Gasteiger partial charge in [0, 0.05) is 25.0 Å². The molecule has 1 atom stereocenters. The van der Waals surface area contributed by atoms with Crippen LogP contribution in [0.15, 0.2) is 65.9 Å². The average Bonchev–Trinajstić information content (AvgIpc) is 2.72. The molecule has 6 heteroatoms. The summed E-state index contributed by atoms with van der Waals surface area (Å²) in [5.74, 6) is -0.410. The minimum atomic E-state index is -0.540. The van der Waals surface area contributed by atoms with Crippen molar-refractivity contribution in [1.29, 1.82) is 0 Å². The number of ether oxygens (including phenoxy) is 1. The molecule has 29 heavy (non-hydrogen) atoms. The van der Waals surface area contributed by atoms with Crippen molar-refractivity contribution in [1.82, 2.24) is 10.6 Å². The van der Waals surface area contributed by atoms with E-state index in [1.54, 1.807) is 6.92 Å². The van der Waals surface area contributed by atoms with Gasteiger partial charge in [0.2, 0.25) is 0 Å². The van der Waals surface area contributed by atoms with Gasteiger partial charge in [0.1, 0.15) is 0 Å². The summed E-state index contributed by atoms with van der Waals surface area (Å²) < 4.78 is 5.32. The Bertz CT molecular complexity index is 891. The highest BCUT2D eigenvalue weighted by atomic mass is 16.5. The van der Waals surface area contributed by atoms with Gasteiger partial charge in [-0.1, -0.05) is 49.4 Å². The van der Waals surface area contributed by atoms with E-state index in [4.69, 9.17) is 4.74 Å². The molecule has 2 aromatic rings. The molecular formula is C23H27N3O3. The molecule has 0 spiro atoms. The molecule has 2 amide bonds. The van der Waals surface area contributed by atoms with Gasteiger partial charge in [-0.05, 0) is 36.6 Å². The van der Waals surface area contributed by atoms with Crippen LogP contribution in [0.3, 0.4) is 0 Å². The summed E-state index contributed by atoms with van der Waals surface area (Å²) in [7, 11) is 2.03. The Morgan fingerprint density at radius 3 is 2.45 bits per heavy atom. The molecule has 3 rings (SSSR count). The number of carbonyl (C=O) groups is 2. The lowest BCUT2D eigenvalue weighted by molar-refractivity contribution is -0.139. The monoisotopic (exact) mass is 393 g/mol. The minimum absolute atomic E-state index is 0.329. The quantitative estimate of drug-likeness (QED) is 0.700. The molecule has 152 valence electrons. The van der Waals surface area contributed by atoms with Crippen LogP contribution in [0.4, 0.5) is 10.5 Å². The lowest BCUT2D eigenvalue weighted by atomic mass is 9.95. The summed E-state index contributed by atoms with van der Waals surface area (Å²) in [5.41, 5.74) is 4.06. The summed E-state index contributed by atoms with van der Waals surface area (Å²) in [6.07, 6.45) is 0.741. The standard InChI is InChI=1S/C23H27N3O3/c1-4-14-29-22(27)20-16(2)24-23(28)25-21(20)18-10-12-19(13-11-18)26(3)15-17-8-6-5-7-9-17/h5-13,21H,4,14-15H2,1-3H3,(H2,24,25,28). The lowest BCUT2D eigenvalue weighted by Crippen LogP contribution is -2.45. The van der Waals surface area contributed by atoms with E-state index in [2.05, 4.69) is 27.7 Å². The van der Waals surface area contributed by atoms with Crippen molar-refractivity contribution in [2.24, 2.45) is 0 Å². The first-order valence-corrected chi connectivity index (χ1v) is 9.80. The molecule has 0 radical (unpaired) electrons. The highest BCUT2D eigenvalue weighted by Crippen LogP contribution is 2.29. The van der Waals surface area contributed by atoms with E-state index in [1.807, 2.05) is 56.4 Å². The molecule has 2 N–H and O–H groups in total. The molecule has 2 aromatic carbocycles. The maximum atomic E-state index is 12.6. The van der Waals surface area contributed by atoms with Crippen LogP contribution in [0.2, 0.25) is 0 Å². The number of allylic oxidation sites excluding steroid dienone is 1. The third-order valence-corrected chi connectivity index (χ3v) is 4.86. The minimum Gasteiger partial charge on any atom is -0.462 e. The van der Waals surface area contributed by atoms with Crippen LogP contribution in [0.25, 0.3) is 0 Å². The fourth-order valence-electron chi connectivity index (χ4n) is 3.36. The van der Waals surface area contributed by atoms with E-state index in [9.17, 15) is 9.59 Å². The summed E-state index contributed by atoms with van der Waals surface area (Å²) in [6.45, 7) is 4.80. The number of hydrogen-bond acceptors (Lipinski definition) is 4. The first-order chi connectivity index (χ1) is 14.0. The fourth-order valence-corrected chi connectivity index (χ4v) is 3.36. The number of urea groups is 1. The fraction of sp³-hybridized carbons (Fsp3) is 0.304.